The van der Waals surface area contributed by atoms with Crippen molar-refractivity contribution in [2.45, 2.75) is 6.42 Å². The highest BCUT2D eigenvalue weighted by Gasteiger charge is 2.05. The fourth-order valence-electron chi connectivity index (χ4n) is 1.91. The molecule has 0 atom stereocenters. The SMILES string of the molecule is COc1ccccc1C#CCNC(=O)Cc1ccccc1Cl. The smallest absolute Gasteiger partial charge is 0.225 e. The molecule has 0 unspecified atom stereocenters. The van der Waals surface area contributed by atoms with Gasteiger partial charge in [-0.2, -0.15) is 0 Å². The number of rotatable bonds is 4. The number of carbonyl (C=O) groups excluding carboxylic acids is 1. The molecule has 0 heterocycles. The number of carbonyl (C=O) groups is 1. The van der Waals surface area contributed by atoms with Gasteiger partial charge in [0.05, 0.1) is 25.6 Å². The Kier molecular flexibility index (Phi) is 5.88. The van der Waals surface area contributed by atoms with E-state index in [4.69, 9.17) is 16.3 Å². The molecule has 0 bridgehead atoms. The molecule has 112 valence electrons. The van der Waals surface area contributed by atoms with E-state index in [1.165, 1.54) is 0 Å². The minimum Gasteiger partial charge on any atom is -0.495 e. The van der Waals surface area contributed by atoms with E-state index in [2.05, 4.69) is 17.2 Å². The summed E-state index contributed by atoms with van der Waals surface area (Å²) in [6, 6.07) is 14.8. The maximum Gasteiger partial charge on any atom is 0.225 e. The molecule has 0 spiro atoms. The lowest BCUT2D eigenvalue weighted by Gasteiger charge is -2.04. The summed E-state index contributed by atoms with van der Waals surface area (Å²) in [6.07, 6.45) is 0.246. The third-order valence-electron chi connectivity index (χ3n) is 3.01. The summed E-state index contributed by atoms with van der Waals surface area (Å²) in [4.78, 5) is 11.8. The van der Waals surface area contributed by atoms with Crippen LogP contribution in [0.15, 0.2) is 48.5 Å². The van der Waals surface area contributed by atoms with Gasteiger partial charge in [-0.05, 0) is 23.8 Å². The second-order valence-electron chi connectivity index (χ2n) is 4.55. The Balaban J connectivity index is 1.88. The Morgan fingerprint density at radius 2 is 1.91 bits per heavy atom. The summed E-state index contributed by atoms with van der Waals surface area (Å²) in [5.74, 6) is 6.50. The van der Waals surface area contributed by atoms with Crippen LogP contribution in [-0.2, 0) is 11.2 Å². The van der Waals surface area contributed by atoms with E-state index >= 15 is 0 Å². The molecule has 0 aromatic heterocycles. The molecule has 0 radical (unpaired) electrons. The number of hydrogen-bond acceptors (Lipinski definition) is 2. The van der Waals surface area contributed by atoms with Crippen molar-refractivity contribution in [2.24, 2.45) is 0 Å². The highest BCUT2D eigenvalue weighted by molar-refractivity contribution is 6.31. The summed E-state index contributed by atoms with van der Waals surface area (Å²) in [6.45, 7) is 0.279. The number of hydrogen-bond donors (Lipinski definition) is 1. The van der Waals surface area contributed by atoms with Crippen LogP contribution in [0.5, 0.6) is 5.75 Å². The number of amides is 1. The lowest BCUT2D eigenvalue weighted by atomic mass is 10.1. The maximum atomic E-state index is 11.8. The molecule has 0 saturated heterocycles. The Hall–Kier alpha value is -2.44. The number of nitrogens with one attached hydrogen (secondary N) is 1. The average Bonchev–Trinajstić information content (AvgIpc) is 2.54. The van der Waals surface area contributed by atoms with Gasteiger partial charge >= 0.3 is 0 Å². The van der Waals surface area contributed by atoms with Gasteiger partial charge in [0.25, 0.3) is 0 Å². The van der Waals surface area contributed by atoms with Gasteiger partial charge in [-0.1, -0.05) is 53.8 Å². The molecule has 0 aliphatic heterocycles. The normalized spacial score (nSPS) is 9.55. The first-order valence-electron chi connectivity index (χ1n) is 6.82. The Morgan fingerprint density at radius 1 is 1.18 bits per heavy atom. The summed E-state index contributed by atoms with van der Waals surface area (Å²) in [7, 11) is 1.60. The maximum absolute atomic E-state index is 11.8. The zero-order valence-corrected chi connectivity index (χ0v) is 13.0. The summed E-state index contributed by atoms with van der Waals surface area (Å²) in [5, 5.41) is 3.35. The monoisotopic (exact) mass is 313 g/mol. The fourth-order valence-corrected chi connectivity index (χ4v) is 2.11. The number of para-hydroxylation sites is 1. The molecule has 2 aromatic rings. The van der Waals surface area contributed by atoms with Crippen LogP contribution in [0.3, 0.4) is 0 Å². The van der Waals surface area contributed by atoms with Crippen LogP contribution in [0.2, 0.25) is 5.02 Å². The zero-order chi connectivity index (χ0) is 15.8. The molecule has 2 rings (SSSR count). The van der Waals surface area contributed by atoms with E-state index in [0.29, 0.717) is 5.02 Å². The van der Waals surface area contributed by atoms with Crippen LogP contribution in [0.25, 0.3) is 0 Å². The van der Waals surface area contributed by atoms with Gasteiger partial charge < -0.3 is 10.1 Å². The molecule has 2 aromatic carbocycles. The first-order chi connectivity index (χ1) is 10.7. The third kappa shape index (κ3) is 4.54. The first-order valence-corrected chi connectivity index (χ1v) is 7.20. The van der Waals surface area contributed by atoms with Crippen LogP contribution in [-0.4, -0.2) is 19.6 Å². The van der Waals surface area contributed by atoms with Crippen molar-refractivity contribution in [3.8, 4) is 17.6 Å². The van der Waals surface area contributed by atoms with E-state index in [1.807, 2.05) is 42.5 Å². The van der Waals surface area contributed by atoms with E-state index in [0.717, 1.165) is 16.9 Å². The Labute approximate surface area is 135 Å². The lowest BCUT2D eigenvalue weighted by molar-refractivity contribution is -0.120. The van der Waals surface area contributed by atoms with Crippen LogP contribution in [0.4, 0.5) is 0 Å². The van der Waals surface area contributed by atoms with E-state index in [-0.39, 0.29) is 18.9 Å². The van der Waals surface area contributed by atoms with Crippen molar-refractivity contribution in [3.05, 3.63) is 64.7 Å². The quantitative estimate of drug-likeness (QED) is 0.881. The average molecular weight is 314 g/mol. The van der Waals surface area contributed by atoms with Crippen molar-refractivity contribution in [1.29, 1.82) is 0 Å². The third-order valence-corrected chi connectivity index (χ3v) is 3.38. The topological polar surface area (TPSA) is 38.3 Å². The van der Waals surface area contributed by atoms with Crippen molar-refractivity contribution < 1.29 is 9.53 Å². The van der Waals surface area contributed by atoms with Crippen LogP contribution >= 0.6 is 11.6 Å². The molecule has 3 nitrogen and oxygen atoms in total. The minimum atomic E-state index is -0.109. The van der Waals surface area contributed by atoms with Gasteiger partial charge in [0.2, 0.25) is 5.91 Å². The second kappa shape index (κ2) is 8.11. The summed E-state index contributed by atoms with van der Waals surface area (Å²) >= 11 is 6.02. The number of methoxy groups -OCH3 is 1. The molecule has 1 N–H and O–H groups in total. The molecule has 0 aliphatic carbocycles. The predicted octanol–water partition coefficient (Wildman–Crippen LogP) is 3.06. The minimum absolute atomic E-state index is 0.109. The van der Waals surface area contributed by atoms with Crippen molar-refractivity contribution in [2.75, 3.05) is 13.7 Å². The lowest BCUT2D eigenvalue weighted by Crippen LogP contribution is -2.25. The predicted molar refractivity (Wildman–Crippen MR) is 88.0 cm³/mol. The van der Waals surface area contributed by atoms with E-state index in [1.54, 1.807) is 13.2 Å². The van der Waals surface area contributed by atoms with E-state index in [9.17, 15) is 4.79 Å². The second-order valence-corrected chi connectivity index (χ2v) is 4.95. The molecule has 22 heavy (non-hydrogen) atoms. The Bertz CT molecular complexity index is 716. The van der Waals surface area contributed by atoms with Crippen LogP contribution in [0, 0.1) is 11.8 Å². The van der Waals surface area contributed by atoms with Crippen molar-refractivity contribution in [1.82, 2.24) is 5.32 Å². The van der Waals surface area contributed by atoms with Crippen LogP contribution < -0.4 is 10.1 Å². The molecule has 0 aliphatic rings. The Morgan fingerprint density at radius 3 is 2.68 bits per heavy atom. The molecule has 1 amide bonds. The van der Waals surface area contributed by atoms with E-state index < -0.39 is 0 Å². The number of halogens is 1. The van der Waals surface area contributed by atoms with Gasteiger partial charge in [-0.15, -0.1) is 0 Å². The van der Waals surface area contributed by atoms with Crippen LogP contribution in [0.1, 0.15) is 11.1 Å². The van der Waals surface area contributed by atoms with Gasteiger partial charge in [0, 0.05) is 5.02 Å². The summed E-state index contributed by atoms with van der Waals surface area (Å²) in [5.41, 5.74) is 1.60. The largest absolute Gasteiger partial charge is 0.495 e. The fraction of sp³-hybridized carbons (Fsp3) is 0.167. The molecule has 0 fully saturated rings. The van der Waals surface area contributed by atoms with Gasteiger partial charge in [0.15, 0.2) is 0 Å². The standard InChI is InChI=1S/C18H16ClNO2/c1-22-17-11-5-3-7-14(17)9-6-12-20-18(21)13-15-8-2-4-10-16(15)19/h2-5,7-8,10-11H,12-13H2,1H3,(H,20,21). The van der Waals surface area contributed by atoms with Gasteiger partial charge in [0.1, 0.15) is 5.75 Å². The highest BCUT2D eigenvalue weighted by atomic mass is 35.5. The first kappa shape index (κ1) is 15.9. The molecule has 4 heteroatoms. The molecular weight excluding hydrogens is 298 g/mol. The zero-order valence-electron chi connectivity index (χ0n) is 12.2. The summed E-state index contributed by atoms with van der Waals surface area (Å²) < 4.78 is 5.21. The molecule has 0 saturated carbocycles. The van der Waals surface area contributed by atoms with Crippen molar-refractivity contribution in [3.63, 3.8) is 0 Å². The highest BCUT2D eigenvalue weighted by Crippen LogP contribution is 2.16. The van der Waals surface area contributed by atoms with Gasteiger partial charge in [-0.3, -0.25) is 4.79 Å². The van der Waals surface area contributed by atoms with Crippen molar-refractivity contribution >= 4 is 17.5 Å². The number of benzene rings is 2. The van der Waals surface area contributed by atoms with Gasteiger partial charge in [-0.25, -0.2) is 0 Å². The number of ether oxygens (including phenoxy) is 1. The molecular formula is C18H16ClNO2.